The van der Waals surface area contributed by atoms with Gasteiger partial charge in [0.1, 0.15) is 0 Å². The molecule has 2 heteroatoms. The van der Waals surface area contributed by atoms with Gasteiger partial charge in [-0.25, -0.2) is 0 Å². The van der Waals surface area contributed by atoms with Crippen LogP contribution in [0.5, 0.6) is 0 Å². The second kappa shape index (κ2) is 31.8. The van der Waals surface area contributed by atoms with Crippen molar-refractivity contribution in [3.63, 3.8) is 0 Å². The fourth-order valence-corrected chi connectivity index (χ4v) is 6.23. The van der Waals surface area contributed by atoms with Gasteiger partial charge >= 0.3 is 0 Å². The standard InChI is InChI=1S/C42H76O2/c1-4-7-9-11-13-15-17-19-21-23-25-27-29-31-33-35-38-42(43-40-41(44-42)37-6-3)39-36-34-32-30-28-26-24-22-20-18-16-14-12-10-8-5-2/h13-16,19-22,41H,4-12,17-18,23-40H2,1-3H3/b15-13-,16-14-,21-19-,22-20-/t41-/m0/s1. The van der Waals surface area contributed by atoms with Crippen molar-refractivity contribution >= 4 is 0 Å². The topological polar surface area (TPSA) is 18.5 Å². The Hall–Kier alpha value is -1.12. The maximum Gasteiger partial charge on any atom is 0.168 e. The first-order valence-corrected chi connectivity index (χ1v) is 19.7. The summed E-state index contributed by atoms with van der Waals surface area (Å²) in [4.78, 5) is 0. The fourth-order valence-electron chi connectivity index (χ4n) is 6.23. The number of unbranched alkanes of at least 4 members (excludes halogenated alkanes) is 18. The molecule has 256 valence electrons. The van der Waals surface area contributed by atoms with Gasteiger partial charge < -0.3 is 9.47 Å². The monoisotopic (exact) mass is 613 g/mol. The Morgan fingerprint density at radius 1 is 0.455 bits per heavy atom. The molecule has 0 bridgehead atoms. The molecule has 0 N–H and O–H groups in total. The lowest BCUT2D eigenvalue weighted by molar-refractivity contribution is -0.180. The number of hydrogen-bond donors (Lipinski definition) is 0. The third-order valence-corrected chi connectivity index (χ3v) is 9.04. The van der Waals surface area contributed by atoms with Gasteiger partial charge in [0.25, 0.3) is 0 Å². The third kappa shape index (κ3) is 25.1. The predicted octanol–water partition coefficient (Wildman–Crippen LogP) is 14.3. The first-order chi connectivity index (χ1) is 21.8. The van der Waals surface area contributed by atoms with E-state index in [1.165, 1.54) is 148 Å². The summed E-state index contributed by atoms with van der Waals surface area (Å²) in [5.74, 6) is -0.287. The van der Waals surface area contributed by atoms with E-state index in [-0.39, 0.29) is 5.79 Å². The van der Waals surface area contributed by atoms with Gasteiger partial charge in [0.15, 0.2) is 5.79 Å². The molecule has 1 fully saturated rings. The van der Waals surface area contributed by atoms with Crippen molar-refractivity contribution in [3.8, 4) is 0 Å². The zero-order valence-electron chi connectivity index (χ0n) is 30.0. The molecule has 0 radical (unpaired) electrons. The first-order valence-electron chi connectivity index (χ1n) is 19.7. The van der Waals surface area contributed by atoms with Gasteiger partial charge in [-0.15, -0.1) is 0 Å². The molecule has 0 aromatic heterocycles. The lowest BCUT2D eigenvalue weighted by atomic mass is 9.98. The second-order valence-corrected chi connectivity index (χ2v) is 13.4. The van der Waals surface area contributed by atoms with E-state index in [0.717, 1.165) is 38.7 Å². The Kier molecular flexibility index (Phi) is 29.6. The van der Waals surface area contributed by atoms with Crippen LogP contribution in [0.3, 0.4) is 0 Å². The number of hydrogen-bond acceptors (Lipinski definition) is 2. The summed E-state index contributed by atoms with van der Waals surface area (Å²) in [6.45, 7) is 7.60. The van der Waals surface area contributed by atoms with Crippen LogP contribution in [-0.4, -0.2) is 18.5 Å². The van der Waals surface area contributed by atoms with Crippen molar-refractivity contribution < 1.29 is 9.47 Å². The average Bonchev–Trinajstić information content (AvgIpc) is 3.43. The van der Waals surface area contributed by atoms with E-state index in [2.05, 4.69) is 69.4 Å². The van der Waals surface area contributed by atoms with E-state index in [9.17, 15) is 0 Å². The molecule has 1 heterocycles. The number of rotatable bonds is 32. The van der Waals surface area contributed by atoms with Crippen LogP contribution in [0.15, 0.2) is 48.6 Å². The third-order valence-electron chi connectivity index (χ3n) is 9.04. The minimum absolute atomic E-state index is 0.287. The minimum Gasteiger partial charge on any atom is -0.347 e. The second-order valence-electron chi connectivity index (χ2n) is 13.4. The van der Waals surface area contributed by atoms with Gasteiger partial charge in [-0.1, -0.05) is 153 Å². The Morgan fingerprint density at radius 3 is 1.25 bits per heavy atom. The first kappa shape index (κ1) is 40.9. The van der Waals surface area contributed by atoms with Gasteiger partial charge in [-0.2, -0.15) is 0 Å². The van der Waals surface area contributed by atoms with Crippen LogP contribution in [0.4, 0.5) is 0 Å². The van der Waals surface area contributed by atoms with E-state index in [4.69, 9.17) is 9.47 Å². The molecule has 0 unspecified atom stereocenters. The van der Waals surface area contributed by atoms with E-state index < -0.39 is 0 Å². The Labute approximate surface area is 276 Å². The van der Waals surface area contributed by atoms with Crippen molar-refractivity contribution in [3.05, 3.63) is 48.6 Å². The van der Waals surface area contributed by atoms with Crippen molar-refractivity contribution in [2.75, 3.05) is 6.61 Å². The van der Waals surface area contributed by atoms with E-state index in [1.54, 1.807) is 0 Å². The molecule has 0 saturated carbocycles. The maximum atomic E-state index is 6.59. The van der Waals surface area contributed by atoms with Crippen LogP contribution < -0.4 is 0 Å². The summed E-state index contributed by atoms with van der Waals surface area (Å²) in [6, 6.07) is 0. The SMILES string of the molecule is CCCCC/C=C\C/C=C\CCCCCCCCC1(CCCCCCCC/C=C\C/C=C\CCCCC)OC[C@H](CCC)O1. The van der Waals surface area contributed by atoms with Crippen LogP contribution in [0.2, 0.25) is 0 Å². The lowest BCUT2D eigenvalue weighted by Gasteiger charge is -2.28. The Bertz CT molecular complexity index is 655. The molecule has 1 saturated heterocycles. The summed E-state index contributed by atoms with van der Waals surface area (Å²) in [5.41, 5.74) is 0. The van der Waals surface area contributed by atoms with Crippen molar-refractivity contribution in [1.29, 1.82) is 0 Å². The van der Waals surface area contributed by atoms with Gasteiger partial charge in [0.05, 0.1) is 12.7 Å². The smallest absolute Gasteiger partial charge is 0.168 e. The van der Waals surface area contributed by atoms with Crippen molar-refractivity contribution in [2.24, 2.45) is 0 Å². The van der Waals surface area contributed by atoms with Gasteiger partial charge in [-0.05, 0) is 83.5 Å². The summed E-state index contributed by atoms with van der Waals surface area (Å²) in [6.07, 6.45) is 54.8. The molecule has 1 aliphatic rings. The molecule has 0 aliphatic carbocycles. The van der Waals surface area contributed by atoms with Gasteiger partial charge in [0.2, 0.25) is 0 Å². The molecule has 2 nitrogen and oxygen atoms in total. The van der Waals surface area contributed by atoms with Crippen LogP contribution in [0.1, 0.15) is 201 Å². The highest BCUT2D eigenvalue weighted by atomic mass is 16.7. The Balaban J connectivity index is 2.08. The quantitative estimate of drug-likeness (QED) is 0.0556. The minimum atomic E-state index is -0.287. The van der Waals surface area contributed by atoms with Crippen LogP contribution in [0, 0.1) is 0 Å². The number of ether oxygens (including phenoxy) is 2. The Morgan fingerprint density at radius 2 is 0.841 bits per heavy atom. The summed E-state index contributed by atoms with van der Waals surface area (Å²) in [5, 5.41) is 0. The molecular formula is C42H76O2. The lowest BCUT2D eigenvalue weighted by Crippen LogP contribution is -2.31. The normalized spacial score (nSPS) is 17.0. The average molecular weight is 613 g/mol. The molecule has 1 rings (SSSR count). The van der Waals surface area contributed by atoms with Crippen LogP contribution in [-0.2, 0) is 9.47 Å². The summed E-state index contributed by atoms with van der Waals surface area (Å²) in [7, 11) is 0. The zero-order valence-corrected chi connectivity index (χ0v) is 30.0. The van der Waals surface area contributed by atoms with E-state index in [1.807, 2.05) is 0 Å². The molecule has 0 aromatic carbocycles. The number of allylic oxidation sites excluding steroid dienone is 8. The van der Waals surface area contributed by atoms with E-state index in [0.29, 0.717) is 6.10 Å². The maximum absolute atomic E-state index is 6.59. The largest absolute Gasteiger partial charge is 0.347 e. The molecule has 44 heavy (non-hydrogen) atoms. The van der Waals surface area contributed by atoms with Gasteiger partial charge in [0, 0.05) is 12.8 Å². The van der Waals surface area contributed by atoms with Crippen molar-refractivity contribution in [1.82, 2.24) is 0 Å². The van der Waals surface area contributed by atoms with Crippen LogP contribution in [0.25, 0.3) is 0 Å². The highest BCUT2D eigenvalue weighted by Gasteiger charge is 2.39. The molecule has 0 spiro atoms. The molecule has 0 amide bonds. The zero-order chi connectivity index (χ0) is 31.7. The summed E-state index contributed by atoms with van der Waals surface area (Å²) >= 11 is 0. The summed E-state index contributed by atoms with van der Waals surface area (Å²) < 4.78 is 13.0. The molecule has 1 atom stereocenters. The highest BCUT2D eigenvalue weighted by molar-refractivity contribution is 4.93. The molecule has 0 aromatic rings. The molecule has 1 aliphatic heterocycles. The van der Waals surface area contributed by atoms with Crippen molar-refractivity contribution in [2.45, 2.75) is 212 Å². The fraction of sp³-hybridized carbons (Fsp3) is 0.810. The van der Waals surface area contributed by atoms with E-state index >= 15 is 0 Å². The van der Waals surface area contributed by atoms with Crippen LogP contribution >= 0.6 is 0 Å². The predicted molar refractivity (Wildman–Crippen MR) is 196 cm³/mol. The molecular weight excluding hydrogens is 536 g/mol. The highest BCUT2D eigenvalue weighted by Crippen LogP contribution is 2.36. The van der Waals surface area contributed by atoms with Gasteiger partial charge in [-0.3, -0.25) is 0 Å².